The molecule has 0 fully saturated rings. The fraction of sp³-hybridized carbons (Fsp3) is 0.364. The molecule has 1 N–H and O–H groups in total. The second kappa shape index (κ2) is 8.57. The van der Waals surface area contributed by atoms with Crippen LogP contribution < -0.4 is 5.32 Å². The van der Waals surface area contributed by atoms with E-state index in [4.69, 9.17) is 16.4 Å². The van der Waals surface area contributed by atoms with Gasteiger partial charge in [0.15, 0.2) is 0 Å². The van der Waals surface area contributed by atoms with Crippen molar-refractivity contribution in [3.63, 3.8) is 0 Å². The van der Waals surface area contributed by atoms with Crippen LogP contribution in [0, 0.1) is 0 Å². The van der Waals surface area contributed by atoms with Crippen molar-refractivity contribution in [3.05, 3.63) is 35.9 Å². The smallest absolute Gasteiger partial charge is 0.206 e. The van der Waals surface area contributed by atoms with E-state index in [-0.39, 0.29) is 5.38 Å². The van der Waals surface area contributed by atoms with Gasteiger partial charge in [-0.2, -0.15) is 0 Å². The maximum atomic E-state index is 9.06. The summed E-state index contributed by atoms with van der Waals surface area (Å²) in [5, 5.41) is 2.49. The molecule has 1 amide bonds. The van der Waals surface area contributed by atoms with Gasteiger partial charge < -0.3 is 5.32 Å². The molecule has 0 radical (unpaired) electrons. The van der Waals surface area contributed by atoms with Crippen LogP contribution in [0.2, 0.25) is 0 Å². The Balaban J connectivity index is 0.000000364. The Morgan fingerprint density at radius 2 is 1.93 bits per heavy atom. The van der Waals surface area contributed by atoms with E-state index in [9.17, 15) is 0 Å². The van der Waals surface area contributed by atoms with E-state index >= 15 is 0 Å². The van der Waals surface area contributed by atoms with Gasteiger partial charge in [-0.05, 0) is 18.9 Å². The average molecular weight is 214 g/mol. The number of alkyl halides is 1. The minimum absolute atomic E-state index is 0.238. The molecule has 3 heteroatoms. The maximum absolute atomic E-state index is 9.06. The van der Waals surface area contributed by atoms with E-state index in [1.165, 1.54) is 5.56 Å². The Labute approximate surface area is 90.3 Å². The second-order valence-corrected chi connectivity index (χ2v) is 3.62. The van der Waals surface area contributed by atoms with E-state index in [2.05, 4.69) is 17.4 Å². The van der Waals surface area contributed by atoms with Crippen molar-refractivity contribution in [3.8, 4) is 0 Å². The normalized spacial score (nSPS) is 10.8. The third-order valence-corrected chi connectivity index (χ3v) is 1.63. The number of hydrogen-bond acceptors (Lipinski definition) is 1. The molecule has 0 bridgehead atoms. The molecule has 0 unspecified atom stereocenters. The highest BCUT2D eigenvalue weighted by Gasteiger charge is 1.96. The summed E-state index contributed by atoms with van der Waals surface area (Å²) >= 11 is 5.81. The molecule has 0 saturated heterocycles. The van der Waals surface area contributed by atoms with Gasteiger partial charge in [0.1, 0.15) is 0 Å². The minimum atomic E-state index is 0.238. The van der Waals surface area contributed by atoms with Crippen LogP contribution in [0.1, 0.15) is 12.5 Å². The molecule has 0 saturated carbocycles. The summed E-state index contributed by atoms with van der Waals surface area (Å²) in [5.74, 6) is 0. The van der Waals surface area contributed by atoms with Gasteiger partial charge in [0.2, 0.25) is 6.41 Å². The first-order valence-corrected chi connectivity index (χ1v) is 4.93. The summed E-state index contributed by atoms with van der Waals surface area (Å²) in [6.45, 7) is 2.01. The van der Waals surface area contributed by atoms with Crippen LogP contribution in [0.5, 0.6) is 0 Å². The molecular weight excluding hydrogens is 198 g/mol. The van der Waals surface area contributed by atoms with Crippen LogP contribution in [0.25, 0.3) is 0 Å². The van der Waals surface area contributed by atoms with Gasteiger partial charge in [-0.15, -0.1) is 11.6 Å². The molecular formula is C11H16ClNO. The molecule has 1 aromatic carbocycles. The Morgan fingerprint density at radius 3 is 2.29 bits per heavy atom. The number of hydrogen-bond donors (Lipinski definition) is 1. The van der Waals surface area contributed by atoms with Crippen molar-refractivity contribution in [2.24, 2.45) is 0 Å². The fourth-order valence-electron chi connectivity index (χ4n) is 0.939. The molecule has 2 nitrogen and oxygen atoms in total. The van der Waals surface area contributed by atoms with Crippen molar-refractivity contribution in [2.45, 2.75) is 18.7 Å². The lowest BCUT2D eigenvalue weighted by atomic mass is 10.1. The van der Waals surface area contributed by atoms with E-state index in [1.54, 1.807) is 7.05 Å². The summed E-state index contributed by atoms with van der Waals surface area (Å²) in [5.41, 5.74) is 1.31. The topological polar surface area (TPSA) is 29.1 Å². The highest BCUT2D eigenvalue weighted by atomic mass is 35.5. The zero-order valence-corrected chi connectivity index (χ0v) is 9.29. The SMILES string of the molecule is CNC=O.C[C@@H](Cl)Cc1ccccc1. The Kier molecular flexibility index (Phi) is 7.95. The number of halogens is 1. The standard InChI is InChI=1S/C9H11Cl.C2H5NO/c1-8(10)7-9-5-3-2-4-6-9;1-3-2-4/h2-6,8H,7H2,1H3;2H,1H3,(H,3,4)/t8-;/m1./s1. The fourth-order valence-corrected chi connectivity index (χ4v) is 1.12. The number of rotatable bonds is 3. The first-order chi connectivity index (χ1) is 6.70. The predicted molar refractivity (Wildman–Crippen MR) is 60.6 cm³/mol. The van der Waals surface area contributed by atoms with E-state index in [0.717, 1.165) is 6.42 Å². The first kappa shape index (κ1) is 13.0. The minimum Gasteiger partial charge on any atom is -0.362 e. The van der Waals surface area contributed by atoms with Crippen molar-refractivity contribution < 1.29 is 4.79 Å². The van der Waals surface area contributed by atoms with Crippen molar-refractivity contribution in [1.29, 1.82) is 0 Å². The zero-order chi connectivity index (χ0) is 10.8. The first-order valence-electron chi connectivity index (χ1n) is 4.49. The summed E-state index contributed by atoms with van der Waals surface area (Å²) in [4.78, 5) is 9.06. The summed E-state index contributed by atoms with van der Waals surface area (Å²) in [6, 6.07) is 10.3. The molecule has 0 heterocycles. The van der Waals surface area contributed by atoms with Crippen molar-refractivity contribution in [2.75, 3.05) is 7.05 Å². The lowest BCUT2D eigenvalue weighted by Crippen LogP contribution is -1.98. The average Bonchev–Trinajstić information content (AvgIpc) is 2.19. The van der Waals surface area contributed by atoms with Crippen LogP contribution in [-0.2, 0) is 11.2 Å². The van der Waals surface area contributed by atoms with Crippen molar-refractivity contribution >= 4 is 18.0 Å². The van der Waals surface area contributed by atoms with Gasteiger partial charge in [0.05, 0.1) is 0 Å². The highest BCUT2D eigenvalue weighted by Crippen LogP contribution is 2.06. The lowest BCUT2D eigenvalue weighted by Gasteiger charge is -2.00. The van der Waals surface area contributed by atoms with Crippen LogP contribution in [0.15, 0.2) is 30.3 Å². The molecule has 0 aliphatic carbocycles. The number of nitrogens with one attached hydrogen (secondary N) is 1. The zero-order valence-electron chi connectivity index (χ0n) is 8.53. The third kappa shape index (κ3) is 7.62. The van der Waals surface area contributed by atoms with E-state index in [0.29, 0.717) is 6.41 Å². The van der Waals surface area contributed by atoms with Crippen LogP contribution in [-0.4, -0.2) is 18.8 Å². The van der Waals surface area contributed by atoms with E-state index < -0.39 is 0 Å². The molecule has 14 heavy (non-hydrogen) atoms. The second-order valence-electron chi connectivity index (χ2n) is 2.88. The lowest BCUT2D eigenvalue weighted by molar-refractivity contribution is -0.109. The van der Waals surface area contributed by atoms with Gasteiger partial charge in [0, 0.05) is 12.4 Å². The predicted octanol–water partition coefficient (Wildman–Crippen LogP) is 2.22. The van der Waals surface area contributed by atoms with Gasteiger partial charge in [-0.25, -0.2) is 0 Å². The molecule has 0 spiro atoms. The summed E-state index contributed by atoms with van der Waals surface area (Å²) < 4.78 is 0. The van der Waals surface area contributed by atoms with Gasteiger partial charge >= 0.3 is 0 Å². The van der Waals surface area contributed by atoms with Crippen LogP contribution in [0.3, 0.4) is 0 Å². The molecule has 78 valence electrons. The Morgan fingerprint density at radius 1 is 1.43 bits per heavy atom. The Bertz CT molecular complexity index is 236. The number of carbonyl (C=O) groups is 1. The molecule has 1 atom stereocenters. The number of amides is 1. The van der Waals surface area contributed by atoms with Gasteiger partial charge in [-0.1, -0.05) is 30.3 Å². The number of benzene rings is 1. The molecule has 0 aliphatic heterocycles. The summed E-state index contributed by atoms with van der Waals surface area (Å²) in [7, 11) is 1.56. The molecule has 1 rings (SSSR count). The molecule has 0 aromatic heterocycles. The monoisotopic (exact) mass is 213 g/mol. The van der Waals surface area contributed by atoms with Crippen LogP contribution >= 0.6 is 11.6 Å². The maximum Gasteiger partial charge on any atom is 0.206 e. The third-order valence-electron chi connectivity index (χ3n) is 1.48. The molecule has 0 aliphatic rings. The van der Waals surface area contributed by atoms with Gasteiger partial charge in [-0.3, -0.25) is 4.79 Å². The quantitative estimate of drug-likeness (QED) is 0.606. The van der Waals surface area contributed by atoms with E-state index in [1.807, 2.05) is 25.1 Å². The number of carbonyl (C=O) groups excluding carboxylic acids is 1. The van der Waals surface area contributed by atoms with Crippen LogP contribution in [0.4, 0.5) is 0 Å². The largest absolute Gasteiger partial charge is 0.362 e. The summed E-state index contributed by atoms with van der Waals surface area (Å²) in [6.07, 6.45) is 1.59. The highest BCUT2D eigenvalue weighted by molar-refractivity contribution is 6.20. The Hall–Kier alpha value is -1.02. The van der Waals surface area contributed by atoms with Crippen molar-refractivity contribution in [1.82, 2.24) is 5.32 Å². The molecule has 1 aromatic rings. The van der Waals surface area contributed by atoms with Gasteiger partial charge in [0.25, 0.3) is 0 Å².